The van der Waals surface area contributed by atoms with Gasteiger partial charge < -0.3 is 10.4 Å². The molecule has 0 spiro atoms. The van der Waals surface area contributed by atoms with Crippen LogP contribution in [0, 0.1) is 17.0 Å². The third-order valence-corrected chi connectivity index (χ3v) is 3.57. The Hall–Kier alpha value is -3.33. The molecule has 0 radical (unpaired) electrons. The molecule has 1 heterocycles. The fourth-order valence-electron chi connectivity index (χ4n) is 2.26. The minimum Gasteiger partial charge on any atom is -0.480 e. The van der Waals surface area contributed by atoms with Crippen molar-refractivity contribution in [1.82, 2.24) is 10.3 Å². The maximum atomic E-state index is 12.1. The number of rotatable bonds is 8. The van der Waals surface area contributed by atoms with Crippen LogP contribution in [0.4, 0.5) is 11.4 Å². The molecule has 1 atom stereocenters. The molecule has 1 aromatic carbocycles. The number of pyridine rings is 1. The molecule has 2 rings (SSSR count). The van der Waals surface area contributed by atoms with E-state index in [9.17, 15) is 24.8 Å². The van der Waals surface area contributed by atoms with Gasteiger partial charge in [0.1, 0.15) is 11.7 Å². The molecule has 1 aromatic heterocycles. The summed E-state index contributed by atoms with van der Waals surface area (Å²) in [7, 11) is 0. The van der Waals surface area contributed by atoms with E-state index in [0.29, 0.717) is 11.3 Å². The summed E-state index contributed by atoms with van der Waals surface area (Å²) in [6.45, 7) is 1.87. The van der Waals surface area contributed by atoms with E-state index in [1.807, 2.05) is 0 Å². The zero-order chi connectivity index (χ0) is 19.1. The Labute approximate surface area is 149 Å². The number of nitro groups is 1. The number of aryl methyl sites for hydroxylation is 1. The van der Waals surface area contributed by atoms with Crippen LogP contribution in [0.1, 0.15) is 17.7 Å². The first-order chi connectivity index (χ1) is 12.4. The first-order valence-electron chi connectivity index (χ1n) is 7.78. The number of nitro benzene ring substituents is 1. The molecule has 136 valence electrons. The Bertz CT molecular complexity index is 810. The molecule has 0 saturated carbocycles. The Morgan fingerprint density at radius 3 is 2.69 bits per heavy atom. The third kappa shape index (κ3) is 5.35. The summed E-state index contributed by atoms with van der Waals surface area (Å²) in [4.78, 5) is 38.1. The number of carbonyl (C=O) groups is 2. The zero-order valence-electron chi connectivity index (χ0n) is 14.0. The summed E-state index contributed by atoms with van der Waals surface area (Å²) in [5.74, 6) is -1.84. The molecule has 0 aliphatic heterocycles. The molecule has 0 aliphatic rings. The molecular formula is C17H18N4O5. The van der Waals surface area contributed by atoms with Crippen LogP contribution in [0.5, 0.6) is 0 Å². The molecule has 3 N–H and O–H groups in total. The van der Waals surface area contributed by atoms with Crippen molar-refractivity contribution in [2.45, 2.75) is 25.9 Å². The zero-order valence-corrected chi connectivity index (χ0v) is 14.0. The van der Waals surface area contributed by atoms with Crippen LogP contribution in [-0.2, 0) is 16.1 Å². The molecule has 26 heavy (non-hydrogen) atoms. The minimum atomic E-state index is -1.20. The highest BCUT2D eigenvalue weighted by Crippen LogP contribution is 2.25. The maximum absolute atomic E-state index is 12.1. The maximum Gasteiger partial charge on any atom is 0.321 e. The summed E-state index contributed by atoms with van der Waals surface area (Å²) in [5, 5.41) is 25.5. The van der Waals surface area contributed by atoms with Crippen LogP contribution in [0.25, 0.3) is 0 Å². The number of aliphatic carboxylic acids is 1. The van der Waals surface area contributed by atoms with Gasteiger partial charge in [0, 0.05) is 18.8 Å². The standard InChI is InChI=1S/C17H18N4O5/c1-11-5-6-13(15(8-11)21(25)26)20-16(22)9-14(17(23)24)19-10-12-4-2-3-7-18-12/h2-8,14,19H,9-10H2,1H3,(H,20,22)(H,23,24). The first-order valence-corrected chi connectivity index (χ1v) is 7.78. The monoisotopic (exact) mass is 358 g/mol. The van der Waals surface area contributed by atoms with Crippen molar-refractivity contribution in [1.29, 1.82) is 0 Å². The van der Waals surface area contributed by atoms with Crippen LogP contribution in [0.2, 0.25) is 0 Å². The van der Waals surface area contributed by atoms with E-state index in [1.54, 1.807) is 37.4 Å². The van der Waals surface area contributed by atoms with Gasteiger partial charge in [-0.25, -0.2) is 0 Å². The van der Waals surface area contributed by atoms with E-state index in [-0.39, 0.29) is 24.3 Å². The molecule has 0 bridgehead atoms. The third-order valence-electron chi connectivity index (χ3n) is 3.57. The highest BCUT2D eigenvalue weighted by Gasteiger charge is 2.23. The quantitative estimate of drug-likeness (QED) is 0.484. The number of carboxylic acid groups (broad SMARTS) is 1. The van der Waals surface area contributed by atoms with E-state index in [4.69, 9.17) is 0 Å². The molecule has 2 aromatic rings. The largest absolute Gasteiger partial charge is 0.480 e. The van der Waals surface area contributed by atoms with Crippen LogP contribution in [0.3, 0.4) is 0 Å². The first kappa shape index (κ1) is 19.0. The van der Waals surface area contributed by atoms with E-state index in [2.05, 4.69) is 15.6 Å². The molecule has 0 saturated heterocycles. The summed E-state index contributed by atoms with van der Waals surface area (Å²) < 4.78 is 0. The van der Waals surface area contributed by atoms with E-state index >= 15 is 0 Å². The normalized spacial score (nSPS) is 11.6. The molecule has 0 fully saturated rings. The van der Waals surface area contributed by atoms with Crippen molar-refractivity contribution >= 4 is 23.3 Å². The molecule has 1 unspecified atom stereocenters. The molecule has 9 heteroatoms. The Balaban J connectivity index is 2.02. The summed E-state index contributed by atoms with van der Waals surface area (Å²) in [6, 6.07) is 8.45. The van der Waals surface area contributed by atoms with Gasteiger partial charge in [-0.2, -0.15) is 0 Å². The lowest BCUT2D eigenvalue weighted by atomic mass is 10.1. The SMILES string of the molecule is Cc1ccc(NC(=O)CC(NCc2ccccn2)C(=O)O)c([N+](=O)[O-])c1. The Kier molecular flexibility index (Phi) is 6.34. The number of benzene rings is 1. The predicted molar refractivity (Wildman–Crippen MR) is 93.6 cm³/mol. The minimum absolute atomic E-state index is 0.0273. The molecule has 1 amide bonds. The van der Waals surface area contributed by atoms with Gasteiger partial charge in [-0.05, 0) is 30.7 Å². The van der Waals surface area contributed by atoms with Crippen LogP contribution in [0.15, 0.2) is 42.6 Å². The lowest BCUT2D eigenvalue weighted by Crippen LogP contribution is -2.39. The van der Waals surface area contributed by atoms with Crippen molar-refractivity contribution in [3.63, 3.8) is 0 Å². The number of carboxylic acids is 1. The number of anilines is 1. The van der Waals surface area contributed by atoms with Gasteiger partial charge in [0.05, 0.1) is 17.0 Å². The number of aromatic nitrogens is 1. The van der Waals surface area contributed by atoms with Crippen LogP contribution < -0.4 is 10.6 Å². The van der Waals surface area contributed by atoms with E-state index < -0.39 is 22.8 Å². The van der Waals surface area contributed by atoms with Gasteiger partial charge in [0.15, 0.2) is 0 Å². The number of hydrogen-bond donors (Lipinski definition) is 3. The van der Waals surface area contributed by atoms with E-state index in [1.165, 1.54) is 12.1 Å². The fraction of sp³-hybridized carbons (Fsp3) is 0.235. The lowest BCUT2D eigenvalue weighted by molar-refractivity contribution is -0.384. The summed E-state index contributed by atoms with van der Waals surface area (Å²) in [5.41, 5.74) is 1.09. The number of hydrogen-bond acceptors (Lipinski definition) is 6. The lowest BCUT2D eigenvalue weighted by Gasteiger charge is -2.14. The van der Waals surface area contributed by atoms with Crippen molar-refractivity contribution in [3.05, 3.63) is 64.0 Å². The topological polar surface area (TPSA) is 134 Å². The molecule has 0 aliphatic carbocycles. The Morgan fingerprint density at radius 1 is 1.31 bits per heavy atom. The van der Waals surface area contributed by atoms with Crippen LogP contribution >= 0.6 is 0 Å². The van der Waals surface area contributed by atoms with Gasteiger partial charge in [0.2, 0.25) is 5.91 Å². The van der Waals surface area contributed by atoms with Crippen molar-refractivity contribution in [2.24, 2.45) is 0 Å². The number of amides is 1. The summed E-state index contributed by atoms with van der Waals surface area (Å²) >= 11 is 0. The number of nitrogens with one attached hydrogen (secondary N) is 2. The summed E-state index contributed by atoms with van der Waals surface area (Å²) in [6.07, 6.45) is 1.20. The Morgan fingerprint density at radius 2 is 2.08 bits per heavy atom. The average Bonchev–Trinajstić information content (AvgIpc) is 2.60. The van der Waals surface area contributed by atoms with Crippen LogP contribution in [-0.4, -0.2) is 32.9 Å². The van der Waals surface area contributed by atoms with E-state index in [0.717, 1.165) is 0 Å². The van der Waals surface area contributed by atoms with Gasteiger partial charge in [-0.3, -0.25) is 30.0 Å². The number of nitrogens with zero attached hydrogens (tertiary/aromatic N) is 2. The fourth-order valence-corrected chi connectivity index (χ4v) is 2.26. The van der Waals surface area contributed by atoms with Gasteiger partial charge >= 0.3 is 5.97 Å². The number of carbonyl (C=O) groups excluding carboxylic acids is 1. The van der Waals surface area contributed by atoms with Crippen molar-refractivity contribution in [2.75, 3.05) is 5.32 Å². The predicted octanol–water partition coefficient (Wildman–Crippen LogP) is 1.87. The second-order valence-corrected chi connectivity index (χ2v) is 5.62. The smallest absolute Gasteiger partial charge is 0.321 e. The molecule has 9 nitrogen and oxygen atoms in total. The highest BCUT2D eigenvalue weighted by molar-refractivity contribution is 5.95. The van der Waals surface area contributed by atoms with Crippen molar-refractivity contribution < 1.29 is 19.6 Å². The average molecular weight is 358 g/mol. The second kappa shape index (κ2) is 8.67. The second-order valence-electron chi connectivity index (χ2n) is 5.62. The van der Waals surface area contributed by atoms with Gasteiger partial charge in [-0.1, -0.05) is 12.1 Å². The molecular weight excluding hydrogens is 340 g/mol. The van der Waals surface area contributed by atoms with Gasteiger partial charge in [-0.15, -0.1) is 0 Å². The van der Waals surface area contributed by atoms with Gasteiger partial charge in [0.25, 0.3) is 5.69 Å². The van der Waals surface area contributed by atoms with Crippen molar-refractivity contribution in [3.8, 4) is 0 Å². The highest BCUT2D eigenvalue weighted by atomic mass is 16.6.